The van der Waals surface area contributed by atoms with Gasteiger partial charge in [0.05, 0.1) is 0 Å². The van der Waals surface area contributed by atoms with Crippen LogP contribution in [-0.2, 0) is 0 Å². The van der Waals surface area contributed by atoms with Crippen LogP contribution in [0.15, 0.2) is 0 Å². The summed E-state index contributed by atoms with van der Waals surface area (Å²) in [6.45, 7) is 16.5. The number of hydrogen-bond acceptors (Lipinski definition) is 2. The molecule has 0 radical (unpaired) electrons. The van der Waals surface area contributed by atoms with E-state index < -0.39 is 0 Å². The predicted molar refractivity (Wildman–Crippen MR) is 85.5 cm³/mol. The zero-order chi connectivity index (χ0) is 14.3. The second-order valence-electron chi connectivity index (χ2n) is 6.63. The molecular formula is C17H36N2. The first-order valence-electron chi connectivity index (χ1n) is 8.57. The molecular weight excluding hydrogens is 232 g/mol. The van der Waals surface area contributed by atoms with E-state index in [1.54, 1.807) is 0 Å². The Balaban J connectivity index is 2.59. The zero-order valence-electron chi connectivity index (χ0n) is 13.9. The van der Waals surface area contributed by atoms with Crippen molar-refractivity contribution < 1.29 is 0 Å². The third-order valence-corrected chi connectivity index (χ3v) is 4.91. The quantitative estimate of drug-likeness (QED) is 0.721. The Bertz CT molecular complexity index is 227. The van der Waals surface area contributed by atoms with Crippen molar-refractivity contribution >= 4 is 0 Å². The fraction of sp³-hybridized carbons (Fsp3) is 1.00. The molecule has 1 fully saturated rings. The van der Waals surface area contributed by atoms with Gasteiger partial charge >= 0.3 is 0 Å². The summed E-state index contributed by atoms with van der Waals surface area (Å²) in [5, 5.41) is 3.74. The van der Waals surface area contributed by atoms with Gasteiger partial charge < -0.3 is 10.2 Å². The lowest BCUT2D eigenvalue weighted by molar-refractivity contribution is 0.124. The number of nitrogens with zero attached hydrogens (tertiary/aromatic N) is 1. The Morgan fingerprint density at radius 2 is 1.89 bits per heavy atom. The second kappa shape index (κ2) is 8.97. The molecule has 1 aliphatic carbocycles. The van der Waals surface area contributed by atoms with Crippen LogP contribution in [0.2, 0.25) is 0 Å². The van der Waals surface area contributed by atoms with Crippen molar-refractivity contribution in [3.63, 3.8) is 0 Å². The molecule has 3 unspecified atom stereocenters. The van der Waals surface area contributed by atoms with Crippen molar-refractivity contribution in [3.8, 4) is 0 Å². The fourth-order valence-corrected chi connectivity index (χ4v) is 3.66. The topological polar surface area (TPSA) is 15.3 Å². The molecule has 0 amide bonds. The third-order valence-electron chi connectivity index (χ3n) is 4.91. The van der Waals surface area contributed by atoms with Crippen molar-refractivity contribution in [2.24, 2.45) is 17.8 Å². The molecule has 114 valence electrons. The summed E-state index contributed by atoms with van der Waals surface area (Å²) in [6.07, 6.45) is 5.51. The van der Waals surface area contributed by atoms with Crippen molar-refractivity contribution in [2.75, 3.05) is 26.2 Å². The van der Waals surface area contributed by atoms with E-state index in [-0.39, 0.29) is 0 Å². The Morgan fingerprint density at radius 3 is 2.42 bits per heavy atom. The monoisotopic (exact) mass is 268 g/mol. The molecule has 1 rings (SSSR count). The molecule has 19 heavy (non-hydrogen) atoms. The van der Waals surface area contributed by atoms with Crippen LogP contribution in [0.3, 0.4) is 0 Å². The summed E-state index contributed by atoms with van der Waals surface area (Å²) >= 11 is 0. The average Bonchev–Trinajstić information content (AvgIpc) is 2.40. The highest BCUT2D eigenvalue weighted by Gasteiger charge is 2.31. The minimum Gasteiger partial charge on any atom is -0.314 e. The zero-order valence-corrected chi connectivity index (χ0v) is 13.9. The van der Waals surface area contributed by atoms with Crippen LogP contribution in [0.5, 0.6) is 0 Å². The Hall–Kier alpha value is -0.0800. The van der Waals surface area contributed by atoms with Crippen LogP contribution < -0.4 is 5.32 Å². The summed E-state index contributed by atoms with van der Waals surface area (Å²) < 4.78 is 0. The van der Waals surface area contributed by atoms with Crippen LogP contribution in [0.1, 0.15) is 60.3 Å². The van der Waals surface area contributed by atoms with Gasteiger partial charge in [-0.2, -0.15) is 0 Å². The maximum absolute atomic E-state index is 3.74. The first-order chi connectivity index (χ1) is 9.12. The SMILES string of the molecule is CCCN(CC)CC1CC(C(C)C)CCC1NCC. The lowest BCUT2D eigenvalue weighted by Gasteiger charge is -2.40. The van der Waals surface area contributed by atoms with E-state index in [1.807, 2.05) is 0 Å². The first kappa shape index (κ1) is 17.0. The molecule has 0 aromatic rings. The van der Waals surface area contributed by atoms with Crippen LogP contribution in [-0.4, -0.2) is 37.1 Å². The molecule has 1 N–H and O–H groups in total. The first-order valence-corrected chi connectivity index (χ1v) is 8.57. The minimum absolute atomic E-state index is 0.755. The summed E-state index contributed by atoms with van der Waals surface area (Å²) in [5.74, 6) is 2.65. The minimum atomic E-state index is 0.755. The average molecular weight is 268 g/mol. The van der Waals surface area contributed by atoms with E-state index in [0.29, 0.717) is 0 Å². The lowest BCUT2D eigenvalue weighted by atomic mass is 9.73. The van der Waals surface area contributed by atoms with Gasteiger partial charge in [-0.25, -0.2) is 0 Å². The van der Waals surface area contributed by atoms with Crippen LogP contribution in [0, 0.1) is 17.8 Å². The maximum Gasteiger partial charge on any atom is 0.0108 e. The highest BCUT2D eigenvalue weighted by molar-refractivity contribution is 4.87. The van der Waals surface area contributed by atoms with E-state index in [4.69, 9.17) is 0 Å². The molecule has 0 saturated heterocycles. The molecule has 1 aliphatic rings. The molecule has 2 nitrogen and oxygen atoms in total. The van der Waals surface area contributed by atoms with E-state index >= 15 is 0 Å². The van der Waals surface area contributed by atoms with Crippen molar-refractivity contribution in [3.05, 3.63) is 0 Å². The Kier molecular flexibility index (Phi) is 8.01. The number of nitrogens with one attached hydrogen (secondary N) is 1. The molecule has 0 heterocycles. The molecule has 3 atom stereocenters. The maximum atomic E-state index is 3.74. The smallest absolute Gasteiger partial charge is 0.0108 e. The molecule has 0 bridgehead atoms. The van der Waals surface area contributed by atoms with Gasteiger partial charge in [0, 0.05) is 12.6 Å². The third kappa shape index (κ3) is 5.43. The van der Waals surface area contributed by atoms with Gasteiger partial charge in [-0.05, 0) is 63.1 Å². The van der Waals surface area contributed by atoms with E-state index in [0.717, 1.165) is 30.3 Å². The fourth-order valence-electron chi connectivity index (χ4n) is 3.66. The van der Waals surface area contributed by atoms with Gasteiger partial charge in [-0.3, -0.25) is 0 Å². The summed E-state index contributed by atoms with van der Waals surface area (Å²) in [7, 11) is 0. The van der Waals surface area contributed by atoms with Gasteiger partial charge in [0.25, 0.3) is 0 Å². The highest BCUT2D eigenvalue weighted by Crippen LogP contribution is 2.34. The van der Waals surface area contributed by atoms with E-state index in [9.17, 15) is 0 Å². The Morgan fingerprint density at radius 1 is 1.16 bits per heavy atom. The van der Waals surface area contributed by atoms with Crippen molar-refractivity contribution in [2.45, 2.75) is 66.3 Å². The van der Waals surface area contributed by atoms with Crippen LogP contribution in [0.4, 0.5) is 0 Å². The molecule has 0 aromatic carbocycles. The molecule has 0 aromatic heterocycles. The van der Waals surface area contributed by atoms with Crippen LogP contribution >= 0.6 is 0 Å². The van der Waals surface area contributed by atoms with Gasteiger partial charge in [-0.15, -0.1) is 0 Å². The molecule has 2 heteroatoms. The van der Waals surface area contributed by atoms with E-state index in [2.05, 4.69) is 44.8 Å². The summed E-state index contributed by atoms with van der Waals surface area (Å²) in [4.78, 5) is 2.65. The van der Waals surface area contributed by atoms with Gasteiger partial charge in [-0.1, -0.05) is 34.6 Å². The second-order valence-corrected chi connectivity index (χ2v) is 6.63. The van der Waals surface area contributed by atoms with E-state index in [1.165, 1.54) is 45.3 Å². The molecule has 0 aliphatic heterocycles. The summed E-state index contributed by atoms with van der Waals surface area (Å²) in [6, 6.07) is 0.755. The van der Waals surface area contributed by atoms with Crippen molar-refractivity contribution in [1.82, 2.24) is 10.2 Å². The normalized spacial score (nSPS) is 28.3. The highest BCUT2D eigenvalue weighted by atomic mass is 15.1. The largest absolute Gasteiger partial charge is 0.314 e. The van der Waals surface area contributed by atoms with Crippen LogP contribution in [0.25, 0.3) is 0 Å². The van der Waals surface area contributed by atoms with Crippen molar-refractivity contribution in [1.29, 1.82) is 0 Å². The Labute approximate surface area is 121 Å². The van der Waals surface area contributed by atoms with Gasteiger partial charge in [0.2, 0.25) is 0 Å². The number of hydrogen-bond donors (Lipinski definition) is 1. The lowest BCUT2D eigenvalue weighted by Crippen LogP contribution is -2.46. The molecule has 1 saturated carbocycles. The van der Waals surface area contributed by atoms with Gasteiger partial charge in [0.1, 0.15) is 0 Å². The number of rotatable bonds is 8. The summed E-state index contributed by atoms with van der Waals surface area (Å²) in [5.41, 5.74) is 0. The van der Waals surface area contributed by atoms with Gasteiger partial charge in [0.15, 0.2) is 0 Å². The standard InChI is InChI=1S/C17H36N2/c1-6-11-19(8-3)13-16-12-15(14(4)5)9-10-17(16)18-7-2/h14-18H,6-13H2,1-5H3. The molecule has 0 spiro atoms. The predicted octanol–water partition coefficient (Wildman–Crippen LogP) is 3.77.